The van der Waals surface area contributed by atoms with E-state index in [1.807, 2.05) is 12.1 Å². The molecule has 1 aromatic rings. The molecule has 25 heavy (non-hydrogen) atoms. The fourth-order valence-electron chi connectivity index (χ4n) is 2.90. The Morgan fingerprint density at radius 2 is 1.88 bits per heavy atom. The molecule has 0 saturated carbocycles. The lowest BCUT2D eigenvalue weighted by molar-refractivity contribution is -0.114. The summed E-state index contributed by atoms with van der Waals surface area (Å²) in [6, 6.07) is 7.99. The topological polar surface area (TPSA) is 56.7 Å². The first-order valence-electron chi connectivity index (χ1n) is 8.98. The number of nitrogens with zero attached hydrogens (tertiary/aromatic N) is 2. The normalized spacial score (nSPS) is 15.5. The van der Waals surface area contributed by atoms with Crippen LogP contribution in [-0.4, -0.2) is 42.9 Å². The maximum absolute atomic E-state index is 11.0. The van der Waals surface area contributed by atoms with Crippen molar-refractivity contribution in [2.24, 2.45) is 10.9 Å². The fourth-order valence-corrected chi connectivity index (χ4v) is 2.90. The number of anilines is 1. The number of halogens is 1. The number of benzene rings is 1. The van der Waals surface area contributed by atoms with Crippen LogP contribution in [0.25, 0.3) is 0 Å². The predicted molar refractivity (Wildman–Crippen MR) is 116 cm³/mol. The SMILES string of the molecule is CCNC(=NCCc1ccc(NC(C)=O)cc1)N1CCC(C)CC1.I. The summed E-state index contributed by atoms with van der Waals surface area (Å²) in [6.07, 6.45) is 3.39. The van der Waals surface area contributed by atoms with E-state index < -0.39 is 0 Å². The largest absolute Gasteiger partial charge is 0.357 e. The lowest BCUT2D eigenvalue weighted by atomic mass is 10.00. The second kappa shape index (κ2) is 11.3. The van der Waals surface area contributed by atoms with Gasteiger partial charge in [-0.05, 0) is 49.8 Å². The first kappa shape index (κ1) is 21.7. The Balaban J connectivity index is 0.00000312. The minimum atomic E-state index is -0.0431. The van der Waals surface area contributed by atoms with Gasteiger partial charge < -0.3 is 15.5 Å². The van der Waals surface area contributed by atoms with Gasteiger partial charge in [0.2, 0.25) is 5.91 Å². The van der Waals surface area contributed by atoms with Crippen LogP contribution in [0.4, 0.5) is 5.69 Å². The number of likely N-dealkylation sites (tertiary alicyclic amines) is 1. The van der Waals surface area contributed by atoms with E-state index in [0.29, 0.717) is 0 Å². The van der Waals surface area contributed by atoms with Gasteiger partial charge in [0, 0.05) is 38.8 Å². The molecular formula is C19H31IN4O. The summed E-state index contributed by atoms with van der Waals surface area (Å²) < 4.78 is 0. The van der Waals surface area contributed by atoms with Crippen LogP contribution in [0.1, 0.15) is 39.2 Å². The van der Waals surface area contributed by atoms with Crippen LogP contribution < -0.4 is 10.6 Å². The van der Waals surface area contributed by atoms with Crippen molar-refractivity contribution >= 4 is 41.5 Å². The van der Waals surface area contributed by atoms with Crippen LogP contribution in [0, 0.1) is 5.92 Å². The standard InChI is InChI=1S/C19H30N4O.HI/c1-4-20-19(23-13-10-15(2)11-14-23)21-12-9-17-5-7-18(8-6-17)22-16(3)24;/h5-8,15H,4,9-14H2,1-3H3,(H,20,21)(H,22,24);1H. The molecule has 1 saturated heterocycles. The number of rotatable bonds is 5. The summed E-state index contributed by atoms with van der Waals surface area (Å²) in [6.45, 7) is 9.82. The number of piperidine rings is 1. The fraction of sp³-hybridized carbons (Fsp3) is 0.579. The Morgan fingerprint density at radius 1 is 1.24 bits per heavy atom. The third-order valence-electron chi connectivity index (χ3n) is 4.35. The molecule has 1 heterocycles. The summed E-state index contributed by atoms with van der Waals surface area (Å²) in [7, 11) is 0. The van der Waals surface area contributed by atoms with Gasteiger partial charge in [0.1, 0.15) is 0 Å². The monoisotopic (exact) mass is 458 g/mol. The van der Waals surface area contributed by atoms with Crippen molar-refractivity contribution in [3.8, 4) is 0 Å². The van der Waals surface area contributed by atoms with Gasteiger partial charge in [0.15, 0.2) is 5.96 Å². The molecule has 6 heteroatoms. The Morgan fingerprint density at radius 3 is 2.44 bits per heavy atom. The van der Waals surface area contributed by atoms with Crippen molar-refractivity contribution in [2.45, 2.75) is 40.0 Å². The molecule has 5 nitrogen and oxygen atoms in total. The predicted octanol–water partition coefficient (Wildman–Crippen LogP) is 3.50. The molecule has 2 rings (SSSR count). The van der Waals surface area contributed by atoms with Gasteiger partial charge in [-0.25, -0.2) is 0 Å². The highest BCUT2D eigenvalue weighted by atomic mass is 127. The van der Waals surface area contributed by atoms with Crippen molar-refractivity contribution in [2.75, 3.05) is 31.5 Å². The molecule has 2 N–H and O–H groups in total. The molecule has 0 atom stereocenters. The molecule has 0 radical (unpaired) electrons. The molecule has 0 bridgehead atoms. The maximum Gasteiger partial charge on any atom is 0.221 e. The second-order valence-corrected chi connectivity index (χ2v) is 6.53. The Hall–Kier alpha value is -1.31. The lowest BCUT2D eigenvalue weighted by Gasteiger charge is -2.33. The zero-order chi connectivity index (χ0) is 17.4. The van der Waals surface area contributed by atoms with Gasteiger partial charge in [-0.3, -0.25) is 9.79 Å². The van der Waals surface area contributed by atoms with Crippen LogP contribution >= 0.6 is 24.0 Å². The number of hydrogen-bond donors (Lipinski definition) is 2. The highest BCUT2D eigenvalue weighted by molar-refractivity contribution is 14.0. The van der Waals surface area contributed by atoms with Gasteiger partial charge in [0.25, 0.3) is 0 Å². The molecular weight excluding hydrogens is 427 g/mol. The molecule has 0 aliphatic carbocycles. The van der Waals surface area contributed by atoms with Crippen LogP contribution in [0.15, 0.2) is 29.3 Å². The van der Waals surface area contributed by atoms with Gasteiger partial charge in [0.05, 0.1) is 0 Å². The highest BCUT2D eigenvalue weighted by Gasteiger charge is 2.18. The molecule has 1 aliphatic rings. The first-order chi connectivity index (χ1) is 11.6. The molecule has 1 aromatic carbocycles. The Bertz CT molecular complexity index is 551. The van der Waals surface area contributed by atoms with Gasteiger partial charge in [-0.15, -0.1) is 24.0 Å². The summed E-state index contributed by atoms with van der Waals surface area (Å²) in [5.74, 6) is 1.82. The van der Waals surface area contributed by atoms with E-state index >= 15 is 0 Å². The summed E-state index contributed by atoms with van der Waals surface area (Å²) in [5.41, 5.74) is 2.07. The van der Waals surface area contributed by atoms with Gasteiger partial charge in [-0.2, -0.15) is 0 Å². The first-order valence-corrected chi connectivity index (χ1v) is 8.98. The zero-order valence-corrected chi connectivity index (χ0v) is 17.9. The number of hydrogen-bond acceptors (Lipinski definition) is 2. The van der Waals surface area contributed by atoms with Crippen molar-refractivity contribution in [3.05, 3.63) is 29.8 Å². The smallest absolute Gasteiger partial charge is 0.221 e. The maximum atomic E-state index is 11.0. The molecule has 1 fully saturated rings. The number of amides is 1. The quantitative estimate of drug-likeness (QED) is 0.404. The van der Waals surface area contributed by atoms with Crippen molar-refractivity contribution in [3.63, 3.8) is 0 Å². The minimum absolute atomic E-state index is 0. The van der Waals surface area contributed by atoms with Crippen LogP contribution in [0.3, 0.4) is 0 Å². The number of carbonyl (C=O) groups is 1. The average Bonchev–Trinajstić information content (AvgIpc) is 2.56. The van der Waals surface area contributed by atoms with E-state index in [1.165, 1.54) is 25.3 Å². The van der Waals surface area contributed by atoms with Gasteiger partial charge in [-0.1, -0.05) is 19.1 Å². The number of carbonyl (C=O) groups excluding carboxylic acids is 1. The highest BCUT2D eigenvalue weighted by Crippen LogP contribution is 2.16. The molecule has 1 amide bonds. The summed E-state index contributed by atoms with van der Waals surface area (Å²) >= 11 is 0. The molecule has 0 unspecified atom stereocenters. The van der Waals surface area contributed by atoms with Crippen LogP contribution in [0.2, 0.25) is 0 Å². The van der Waals surface area contributed by atoms with E-state index in [4.69, 9.17) is 4.99 Å². The average molecular weight is 458 g/mol. The van der Waals surface area contributed by atoms with E-state index in [2.05, 4.69) is 41.5 Å². The number of guanidine groups is 1. The number of nitrogens with one attached hydrogen (secondary N) is 2. The van der Waals surface area contributed by atoms with Crippen LogP contribution in [-0.2, 0) is 11.2 Å². The van der Waals surface area contributed by atoms with E-state index in [-0.39, 0.29) is 29.9 Å². The van der Waals surface area contributed by atoms with Gasteiger partial charge >= 0.3 is 0 Å². The Kier molecular flexibility index (Phi) is 9.85. The molecule has 0 spiro atoms. The van der Waals surface area contributed by atoms with Crippen molar-refractivity contribution in [1.82, 2.24) is 10.2 Å². The minimum Gasteiger partial charge on any atom is -0.357 e. The van der Waals surface area contributed by atoms with Crippen molar-refractivity contribution < 1.29 is 4.79 Å². The Labute approximate surface area is 168 Å². The number of aliphatic imine (C=N–C) groups is 1. The van der Waals surface area contributed by atoms with E-state index in [1.54, 1.807) is 0 Å². The summed E-state index contributed by atoms with van der Waals surface area (Å²) in [4.78, 5) is 18.2. The molecule has 1 aliphatic heterocycles. The lowest BCUT2D eigenvalue weighted by Crippen LogP contribution is -2.45. The van der Waals surface area contributed by atoms with E-state index in [0.717, 1.165) is 50.2 Å². The summed E-state index contributed by atoms with van der Waals surface area (Å²) in [5, 5.41) is 6.20. The second-order valence-electron chi connectivity index (χ2n) is 6.53. The van der Waals surface area contributed by atoms with E-state index in [9.17, 15) is 4.79 Å². The van der Waals surface area contributed by atoms with Crippen LogP contribution in [0.5, 0.6) is 0 Å². The molecule has 0 aromatic heterocycles. The zero-order valence-electron chi connectivity index (χ0n) is 15.5. The van der Waals surface area contributed by atoms with Crippen molar-refractivity contribution in [1.29, 1.82) is 0 Å². The third kappa shape index (κ3) is 7.63. The molecule has 140 valence electrons. The third-order valence-corrected chi connectivity index (χ3v) is 4.35.